The summed E-state index contributed by atoms with van der Waals surface area (Å²) in [7, 11) is -1.34. The Hall–Kier alpha value is 0.177. The van der Waals surface area contributed by atoms with Gasteiger partial charge in [-0.1, -0.05) is 104 Å². The van der Waals surface area contributed by atoms with Crippen molar-refractivity contribution in [2.24, 2.45) is 0 Å². The number of unbranched alkanes of at least 4 members (excludes halogenated alkanes) is 9. The van der Waals surface area contributed by atoms with Gasteiger partial charge in [-0.05, 0) is 31.0 Å². The molecule has 0 N–H and O–H groups in total. The predicted octanol–water partition coefficient (Wildman–Crippen LogP) is 8.24. The second-order valence-corrected chi connectivity index (χ2v) is 12.5. The summed E-state index contributed by atoms with van der Waals surface area (Å²) in [6.07, 6.45) is 21.8. The molecule has 1 unspecified atom stereocenters. The van der Waals surface area contributed by atoms with E-state index in [1.165, 1.54) is 114 Å². The lowest BCUT2D eigenvalue weighted by molar-refractivity contribution is 0.164. The fraction of sp³-hybridized carbons (Fsp3) is 1.00. The van der Waals surface area contributed by atoms with Gasteiger partial charge in [0.05, 0.1) is 0 Å². The lowest BCUT2D eigenvalue weighted by atomic mass is 10.0. The van der Waals surface area contributed by atoms with E-state index in [0.29, 0.717) is 6.10 Å². The maximum atomic E-state index is 6.80. The van der Waals surface area contributed by atoms with Crippen LogP contribution < -0.4 is 0 Å². The Morgan fingerprint density at radius 2 is 1.25 bits per heavy atom. The zero-order valence-corrected chi connectivity index (χ0v) is 18.2. The van der Waals surface area contributed by atoms with Crippen LogP contribution in [0.2, 0.25) is 18.1 Å². The molecular weight excluding hydrogens is 308 g/mol. The monoisotopic (exact) mass is 354 g/mol. The van der Waals surface area contributed by atoms with E-state index >= 15 is 0 Å². The van der Waals surface area contributed by atoms with Crippen LogP contribution in [0.15, 0.2) is 0 Å². The first-order valence-electron chi connectivity index (χ1n) is 11.4. The second kappa shape index (κ2) is 14.4. The molecule has 1 aliphatic heterocycles. The van der Waals surface area contributed by atoms with Gasteiger partial charge in [-0.3, -0.25) is 0 Å². The SMILES string of the molecule is CCCCCCCCCCCCC(CC)O[Si]1(CC)CCCCC1. The van der Waals surface area contributed by atoms with E-state index in [1.807, 2.05) is 0 Å². The molecule has 2 heteroatoms. The molecule has 1 aliphatic rings. The maximum Gasteiger partial charge on any atom is 0.192 e. The molecule has 0 aliphatic carbocycles. The molecule has 0 aromatic rings. The Morgan fingerprint density at radius 1 is 0.708 bits per heavy atom. The van der Waals surface area contributed by atoms with E-state index in [-0.39, 0.29) is 0 Å². The molecule has 0 spiro atoms. The van der Waals surface area contributed by atoms with Gasteiger partial charge in [-0.2, -0.15) is 0 Å². The van der Waals surface area contributed by atoms with Crippen LogP contribution in [0.1, 0.15) is 117 Å². The largest absolute Gasteiger partial charge is 0.414 e. The molecule has 144 valence electrons. The van der Waals surface area contributed by atoms with Crippen LogP contribution in [0.25, 0.3) is 0 Å². The summed E-state index contributed by atoms with van der Waals surface area (Å²) in [5.74, 6) is 0. The van der Waals surface area contributed by atoms with Gasteiger partial charge in [-0.25, -0.2) is 0 Å². The Kier molecular flexibility index (Phi) is 13.3. The molecule has 1 nitrogen and oxygen atoms in total. The molecule has 1 atom stereocenters. The normalized spacial score (nSPS) is 18.6. The van der Waals surface area contributed by atoms with Crippen molar-refractivity contribution in [2.45, 2.75) is 141 Å². The molecule has 1 heterocycles. The minimum atomic E-state index is -1.34. The van der Waals surface area contributed by atoms with Gasteiger partial charge in [0, 0.05) is 6.10 Å². The maximum absolute atomic E-state index is 6.80. The van der Waals surface area contributed by atoms with E-state index in [4.69, 9.17) is 4.43 Å². The van der Waals surface area contributed by atoms with Crippen molar-refractivity contribution in [1.29, 1.82) is 0 Å². The lowest BCUT2D eigenvalue weighted by Gasteiger charge is -2.37. The van der Waals surface area contributed by atoms with E-state index < -0.39 is 8.32 Å². The minimum absolute atomic E-state index is 0.573. The third-order valence-electron chi connectivity index (χ3n) is 6.16. The Morgan fingerprint density at radius 3 is 1.75 bits per heavy atom. The van der Waals surface area contributed by atoms with E-state index in [1.54, 1.807) is 0 Å². The summed E-state index contributed by atoms with van der Waals surface area (Å²) in [6.45, 7) is 7.03. The summed E-state index contributed by atoms with van der Waals surface area (Å²) in [5, 5.41) is 0. The van der Waals surface area contributed by atoms with Gasteiger partial charge in [-0.15, -0.1) is 0 Å². The average Bonchev–Trinajstić information content (AvgIpc) is 2.63. The number of rotatable bonds is 15. The van der Waals surface area contributed by atoms with Crippen LogP contribution in [-0.2, 0) is 4.43 Å². The molecule has 0 bridgehead atoms. The number of hydrogen-bond donors (Lipinski definition) is 0. The Bertz CT molecular complexity index is 273. The summed E-state index contributed by atoms with van der Waals surface area (Å²) >= 11 is 0. The van der Waals surface area contributed by atoms with Crippen LogP contribution in [-0.4, -0.2) is 14.4 Å². The molecular formula is C22H46OSi. The highest BCUT2D eigenvalue weighted by Crippen LogP contribution is 2.34. The third kappa shape index (κ3) is 9.61. The van der Waals surface area contributed by atoms with E-state index in [2.05, 4.69) is 20.8 Å². The molecule has 1 fully saturated rings. The van der Waals surface area contributed by atoms with Crippen LogP contribution in [0.4, 0.5) is 0 Å². The molecule has 1 rings (SSSR count). The first-order chi connectivity index (χ1) is 11.8. The topological polar surface area (TPSA) is 9.23 Å². The highest BCUT2D eigenvalue weighted by Gasteiger charge is 2.36. The van der Waals surface area contributed by atoms with Gasteiger partial charge in [0.2, 0.25) is 0 Å². The van der Waals surface area contributed by atoms with Gasteiger partial charge in [0.15, 0.2) is 8.32 Å². The minimum Gasteiger partial charge on any atom is -0.414 e. The molecule has 0 radical (unpaired) electrons. The summed E-state index contributed by atoms with van der Waals surface area (Å²) in [5.41, 5.74) is 0. The zero-order valence-electron chi connectivity index (χ0n) is 17.2. The van der Waals surface area contributed by atoms with Crippen molar-refractivity contribution in [3.63, 3.8) is 0 Å². The van der Waals surface area contributed by atoms with Crippen LogP contribution in [0, 0.1) is 0 Å². The third-order valence-corrected chi connectivity index (χ3v) is 10.8. The summed E-state index contributed by atoms with van der Waals surface area (Å²) in [6, 6.07) is 4.23. The fourth-order valence-corrected chi connectivity index (χ4v) is 8.45. The van der Waals surface area contributed by atoms with Crippen molar-refractivity contribution in [2.75, 3.05) is 0 Å². The fourth-order valence-electron chi connectivity index (χ4n) is 4.31. The Labute approximate surface area is 154 Å². The van der Waals surface area contributed by atoms with Crippen LogP contribution >= 0.6 is 0 Å². The standard InChI is InChI=1S/C22H46OSi/c1-4-7-8-9-10-11-12-13-14-16-19-22(5-2)23-24(6-3)20-17-15-18-21-24/h22H,4-21H2,1-3H3. The first kappa shape index (κ1) is 22.2. The van der Waals surface area contributed by atoms with Gasteiger partial charge in [0.1, 0.15) is 0 Å². The first-order valence-corrected chi connectivity index (χ1v) is 14.0. The highest BCUT2D eigenvalue weighted by atomic mass is 28.4. The predicted molar refractivity (Wildman–Crippen MR) is 111 cm³/mol. The molecule has 1 saturated heterocycles. The molecule has 0 amide bonds. The van der Waals surface area contributed by atoms with Gasteiger partial charge < -0.3 is 4.43 Å². The van der Waals surface area contributed by atoms with Crippen molar-refractivity contribution in [1.82, 2.24) is 0 Å². The molecule has 24 heavy (non-hydrogen) atoms. The molecule has 0 aromatic carbocycles. The Balaban J connectivity index is 2.05. The van der Waals surface area contributed by atoms with Gasteiger partial charge in [0.25, 0.3) is 0 Å². The quantitative estimate of drug-likeness (QED) is 0.212. The van der Waals surface area contributed by atoms with E-state index in [9.17, 15) is 0 Å². The zero-order chi connectivity index (χ0) is 17.5. The smallest absolute Gasteiger partial charge is 0.192 e. The van der Waals surface area contributed by atoms with E-state index in [0.717, 1.165) is 0 Å². The summed E-state index contributed by atoms with van der Waals surface area (Å²) in [4.78, 5) is 0. The van der Waals surface area contributed by atoms with Crippen molar-refractivity contribution in [3.05, 3.63) is 0 Å². The van der Waals surface area contributed by atoms with Crippen molar-refractivity contribution < 1.29 is 4.43 Å². The van der Waals surface area contributed by atoms with Crippen molar-refractivity contribution >= 4 is 8.32 Å². The highest BCUT2D eigenvalue weighted by molar-refractivity contribution is 6.73. The van der Waals surface area contributed by atoms with Crippen molar-refractivity contribution in [3.8, 4) is 0 Å². The average molecular weight is 355 g/mol. The van der Waals surface area contributed by atoms with Crippen LogP contribution in [0.5, 0.6) is 0 Å². The second-order valence-electron chi connectivity index (χ2n) is 8.22. The van der Waals surface area contributed by atoms with Gasteiger partial charge >= 0.3 is 0 Å². The number of hydrogen-bond acceptors (Lipinski definition) is 1. The molecule has 0 aromatic heterocycles. The van der Waals surface area contributed by atoms with Crippen LogP contribution in [0.3, 0.4) is 0 Å². The molecule has 0 saturated carbocycles. The summed E-state index contributed by atoms with van der Waals surface area (Å²) < 4.78 is 6.80. The lowest BCUT2D eigenvalue weighted by Crippen LogP contribution is -2.42.